The molecule has 0 saturated carbocycles. The number of carbonyl (C=O) groups is 1. The first-order chi connectivity index (χ1) is 7.85. The second-order valence-electron chi connectivity index (χ2n) is 5.89. The molecule has 17 heavy (non-hydrogen) atoms. The Labute approximate surface area is 107 Å². The van der Waals surface area contributed by atoms with Gasteiger partial charge >= 0.3 is 0 Å². The molecule has 1 unspecified atom stereocenters. The summed E-state index contributed by atoms with van der Waals surface area (Å²) in [5.41, 5.74) is 0.0903. The van der Waals surface area contributed by atoms with E-state index in [1.54, 1.807) is 0 Å². The monoisotopic (exact) mass is 242 g/mol. The van der Waals surface area contributed by atoms with Crippen molar-refractivity contribution >= 4 is 5.91 Å². The first kappa shape index (κ1) is 16.4. The second kappa shape index (κ2) is 8.51. The van der Waals surface area contributed by atoms with Crippen LogP contribution in [0.25, 0.3) is 0 Å². The molecule has 0 aliphatic carbocycles. The molecule has 3 heteroatoms. The lowest BCUT2D eigenvalue weighted by molar-refractivity contribution is -0.121. The zero-order valence-corrected chi connectivity index (χ0v) is 12.2. The SMILES string of the molecule is CCCCCC(C)NC(=O)CCNC(C)(C)C. The topological polar surface area (TPSA) is 41.1 Å². The third-order valence-electron chi connectivity index (χ3n) is 2.66. The largest absolute Gasteiger partial charge is 0.354 e. The highest BCUT2D eigenvalue weighted by atomic mass is 16.1. The van der Waals surface area contributed by atoms with Crippen LogP contribution in [-0.4, -0.2) is 24.0 Å². The van der Waals surface area contributed by atoms with Crippen molar-refractivity contribution in [1.82, 2.24) is 10.6 Å². The molecule has 0 spiro atoms. The van der Waals surface area contributed by atoms with Crippen molar-refractivity contribution in [1.29, 1.82) is 0 Å². The Balaban J connectivity index is 3.57. The molecule has 0 bridgehead atoms. The molecule has 102 valence electrons. The minimum absolute atomic E-state index is 0.0903. The predicted molar refractivity (Wildman–Crippen MR) is 74.1 cm³/mol. The molecule has 0 fully saturated rings. The Morgan fingerprint density at radius 2 is 1.88 bits per heavy atom. The second-order valence-corrected chi connectivity index (χ2v) is 5.89. The summed E-state index contributed by atoms with van der Waals surface area (Å²) in [6, 6.07) is 0.309. The summed E-state index contributed by atoms with van der Waals surface area (Å²) in [5.74, 6) is 0.158. The van der Waals surface area contributed by atoms with Gasteiger partial charge in [-0.05, 0) is 34.1 Å². The molecule has 0 aliphatic rings. The zero-order chi connectivity index (χ0) is 13.3. The highest BCUT2D eigenvalue weighted by Gasteiger charge is 2.10. The van der Waals surface area contributed by atoms with Gasteiger partial charge in [-0.3, -0.25) is 4.79 Å². The molecule has 0 heterocycles. The van der Waals surface area contributed by atoms with E-state index in [0.29, 0.717) is 12.5 Å². The maximum atomic E-state index is 11.6. The Kier molecular flexibility index (Phi) is 8.23. The van der Waals surface area contributed by atoms with E-state index in [1.165, 1.54) is 19.3 Å². The van der Waals surface area contributed by atoms with Crippen LogP contribution in [0.5, 0.6) is 0 Å². The number of rotatable bonds is 8. The Morgan fingerprint density at radius 1 is 1.24 bits per heavy atom. The smallest absolute Gasteiger partial charge is 0.221 e. The van der Waals surface area contributed by atoms with Gasteiger partial charge in [-0.1, -0.05) is 26.2 Å². The first-order valence-electron chi connectivity index (χ1n) is 6.89. The van der Waals surface area contributed by atoms with Gasteiger partial charge in [-0.15, -0.1) is 0 Å². The standard InChI is InChI=1S/C14H30N2O/c1-6-7-8-9-12(2)16-13(17)10-11-15-14(3,4)5/h12,15H,6-11H2,1-5H3,(H,16,17). The van der Waals surface area contributed by atoms with Crippen LogP contribution in [0.15, 0.2) is 0 Å². The minimum Gasteiger partial charge on any atom is -0.354 e. The van der Waals surface area contributed by atoms with Crippen LogP contribution in [-0.2, 0) is 4.79 Å². The molecule has 0 aromatic carbocycles. The van der Waals surface area contributed by atoms with Gasteiger partial charge < -0.3 is 10.6 Å². The molecule has 0 radical (unpaired) electrons. The van der Waals surface area contributed by atoms with Crippen LogP contribution in [0.4, 0.5) is 0 Å². The van der Waals surface area contributed by atoms with E-state index in [4.69, 9.17) is 0 Å². The third-order valence-corrected chi connectivity index (χ3v) is 2.66. The first-order valence-corrected chi connectivity index (χ1v) is 6.89. The van der Waals surface area contributed by atoms with E-state index in [0.717, 1.165) is 13.0 Å². The van der Waals surface area contributed by atoms with Crippen LogP contribution in [0.1, 0.15) is 66.7 Å². The number of unbranched alkanes of at least 4 members (excludes halogenated alkanes) is 2. The van der Waals surface area contributed by atoms with Gasteiger partial charge in [0.1, 0.15) is 0 Å². The average Bonchev–Trinajstić information content (AvgIpc) is 2.15. The molecular formula is C14H30N2O. The van der Waals surface area contributed by atoms with Crippen LogP contribution in [0, 0.1) is 0 Å². The fourth-order valence-corrected chi connectivity index (χ4v) is 1.67. The zero-order valence-electron chi connectivity index (χ0n) is 12.2. The predicted octanol–water partition coefficient (Wildman–Crippen LogP) is 2.85. The van der Waals surface area contributed by atoms with Gasteiger partial charge in [0, 0.05) is 24.5 Å². The summed E-state index contributed by atoms with van der Waals surface area (Å²) in [6.45, 7) is 11.4. The number of nitrogens with one attached hydrogen (secondary N) is 2. The van der Waals surface area contributed by atoms with E-state index in [2.05, 4.69) is 45.3 Å². The average molecular weight is 242 g/mol. The summed E-state index contributed by atoms with van der Waals surface area (Å²) in [6.07, 6.45) is 5.35. The van der Waals surface area contributed by atoms with Crippen molar-refractivity contribution in [2.75, 3.05) is 6.54 Å². The molecule has 3 nitrogen and oxygen atoms in total. The Morgan fingerprint density at radius 3 is 2.41 bits per heavy atom. The highest BCUT2D eigenvalue weighted by Crippen LogP contribution is 2.03. The summed E-state index contributed by atoms with van der Waals surface area (Å²) in [7, 11) is 0. The Hall–Kier alpha value is -0.570. The number of hydrogen-bond donors (Lipinski definition) is 2. The third kappa shape index (κ3) is 11.7. The van der Waals surface area contributed by atoms with Crippen LogP contribution < -0.4 is 10.6 Å². The van der Waals surface area contributed by atoms with Gasteiger partial charge in [0.15, 0.2) is 0 Å². The molecule has 2 N–H and O–H groups in total. The van der Waals surface area contributed by atoms with Gasteiger partial charge in [-0.2, -0.15) is 0 Å². The van der Waals surface area contributed by atoms with Crippen LogP contribution in [0.2, 0.25) is 0 Å². The normalized spacial score (nSPS) is 13.5. The quantitative estimate of drug-likeness (QED) is 0.643. The van der Waals surface area contributed by atoms with Crippen LogP contribution >= 0.6 is 0 Å². The fourth-order valence-electron chi connectivity index (χ4n) is 1.67. The molecule has 0 saturated heterocycles. The summed E-state index contributed by atoms with van der Waals surface area (Å²) >= 11 is 0. The number of carbonyl (C=O) groups excluding carboxylic acids is 1. The van der Waals surface area contributed by atoms with E-state index in [-0.39, 0.29) is 11.4 Å². The van der Waals surface area contributed by atoms with Crippen molar-refractivity contribution in [3.63, 3.8) is 0 Å². The molecule has 1 atom stereocenters. The van der Waals surface area contributed by atoms with Gasteiger partial charge in [0.25, 0.3) is 0 Å². The van der Waals surface area contributed by atoms with Crippen LogP contribution in [0.3, 0.4) is 0 Å². The maximum Gasteiger partial charge on any atom is 0.221 e. The van der Waals surface area contributed by atoms with E-state index in [1.807, 2.05) is 0 Å². The maximum absolute atomic E-state index is 11.6. The molecule has 0 aromatic heterocycles. The van der Waals surface area contributed by atoms with Gasteiger partial charge in [0.05, 0.1) is 0 Å². The number of hydrogen-bond acceptors (Lipinski definition) is 2. The minimum atomic E-state index is 0.0903. The van der Waals surface area contributed by atoms with E-state index < -0.39 is 0 Å². The molecule has 0 aromatic rings. The molecule has 1 amide bonds. The van der Waals surface area contributed by atoms with E-state index >= 15 is 0 Å². The van der Waals surface area contributed by atoms with Crippen molar-refractivity contribution in [2.45, 2.75) is 78.3 Å². The highest BCUT2D eigenvalue weighted by molar-refractivity contribution is 5.76. The van der Waals surface area contributed by atoms with Crippen molar-refractivity contribution in [3.8, 4) is 0 Å². The molecule has 0 rings (SSSR count). The van der Waals surface area contributed by atoms with Gasteiger partial charge in [-0.25, -0.2) is 0 Å². The van der Waals surface area contributed by atoms with E-state index in [9.17, 15) is 4.79 Å². The van der Waals surface area contributed by atoms with Gasteiger partial charge in [0.2, 0.25) is 5.91 Å². The summed E-state index contributed by atoms with van der Waals surface area (Å²) < 4.78 is 0. The summed E-state index contributed by atoms with van der Waals surface area (Å²) in [5, 5.41) is 6.36. The lowest BCUT2D eigenvalue weighted by Gasteiger charge is -2.20. The summed E-state index contributed by atoms with van der Waals surface area (Å²) in [4.78, 5) is 11.6. The molecule has 0 aliphatic heterocycles. The number of amides is 1. The fraction of sp³-hybridized carbons (Fsp3) is 0.929. The van der Waals surface area contributed by atoms with Crippen molar-refractivity contribution in [2.24, 2.45) is 0 Å². The lowest BCUT2D eigenvalue weighted by atomic mass is 10.1. The van der Waals surface area contributed by atoms with Crippen molar-refractivity contribution < 1.29 is 4.79 Å². The van der Waals surface area contributed by atoms with Crippen molar-refractivity contribution in [3.05, 3.63) is 0 Å². The lowest BCUT2D eigenvalue weighted by Crippen LogP contribution is -2.40. The molecular weight excluding hydrogens is 212 g/mol. The Bertz CT molecular complexity index is 209.